The van der Waals surface area contributed by atoms with Crippen LogP contribution in [0.2, 0.25) is 0 Å². The number of nitrogens with zero attached hydrogens (tertiary/aromatic N) is 2. The SMILES string of the molecule is C[C@@H](NC1CCC(c2nc(-c3ccc(C(F)(F)F)cc3)no2)C1)c1cccc2ccccc12.Cl. The lowest BCUT2D eigenvalue weighted by molar-refractivity contribution is -0.137. The van der Waals surface area contributed by atoms with Crippen LogP contribution >= 0.6 is 12.4 Å². The predicted octanol–water partition coefficient (Wildman–Crippen LogP) is 7.32. The Labute approximate surface area is 202 Å². The molecule has 0 aliphatic heterocycles. The highest BCUT2D eigenvalue weighted by Crippen LogP contribution is 2.36. The Bertz CT molecular complexity index is 1250. The van der Waals surface area contributed by atoms with E-state index in [1.165, 1.54) is 28.5 Å². The summed E-state index contributed by atoms with van der Waals surface area (Å²) < 4.78 is 43.8. The molecule has 0 bridgehead atoms. The molecule has 1 saturated carbocycles. The van der Waals surface area contributed by atoms with Gasteiger partial charge in [0.1, 0.15) is 0 Å². The van der Waals surface area contributed by atoms with Crippen molar-refractivity contribution in [1.29, 1.82) is 0 Å². The fraction of sp³-hybridized carbons (Fsp3) is 0.308. The number of nitrogens with one attached hydrogen (secondary N) is 1. The van der Waals surface area contributed by atoms with Gasteiger partial charge >= 0.3 is 6.18 Å². The van der Waals surface area contributed by atoms with E-state index in [-0.39, 0.29) is 24.4 Å². The molecular weight excluding hydrogens is 463 g/mol. The number of alkyl halides is 3. The van der Waals surface area contributed by atoms with Crippen molar-refractivity contribution in [3.8, 4) is 11.4 Å². The van der Waals surface area contributed by atoms with E-state index in [4.69, 9.17) is 4.52 Å². The van der Waals surface area contributed by atoms with Crippen LogP contribution in [0.1, 0.15) is 55.2 Å². The van der Waals surface area contributed by atoms with Crippen molar-refractivity contribution in [2.24, 2.45) is 0 Å². The molecule has 0 amide bonds. The molecule has 1 aromatic heterocycles. The topological polar surface area (TPSA) is 51.0 Å². The summed E-state index contributed by atoms with van der Waals surface area (Å²) in [6, 6.07) is 20.1. The van der Waals surface area contributed by atoms with Crippen molar-refractivity contribution in [2.75, 3.05) is 0 Å². The Hall–Kier alpha value is -2.90. The lowest BCUT2D eigenvalue weighted by Crippen LogP contribution is -2.29. The zero-order valence-electron chi connectivity index (χ0n) is 18.5. The first-order chi connectivity index (χ1) is 15.9. The maximum Gasteiger partial charge on any atom is 0.416 e. The highest BCUT2D eigenvalue weighted by molar-refractivity contribution is 5.86. The van der Waals surface area contributed by atoms with Gasteiger partial charge in [0.25, 0.3) is 0 Å². The summed E-state index contributed by atoms with van der Waals surface area (Å²) in [5, 5.41) is 10.2. The molecule has 1 heterocycles. The number of aromatic nitrogens is 2. The van der Waals surface area contributed by atoms with Crippen molar-refractivity contribution in [3.63, 3.8) is 0 Å². The number of benzene rings is 3. The summed E-state index contributed by atoms with van der Waals surface area (Å²) in [7, 11) is 0. The second kappa shape index (κ2) is 9.76. The minimum absolute atomic E-state index is 0. The Morgan fingerprint density at radius 1 is 0.971 bits per heavy atom. The minimum atomic E-state index is -4.37. The summed E-state index contributed by atoms with van der Waals surface area (Å²) in [5.41, 5.74) is 1.09. The van der Waals surface area contributed by atoms with Crippen LogP contribution in [0.15, 0.2) is 71.3 Å². The molecule has 3 atom stereocenters. The average molecular weight is 488 g/mol. The molecule has 1 aliphatic carbocycles. The van der Waals surface area contributed by atoms with Crippen molar-refractivity contribution in [3.05, 3.63) is 83.7 Å². The molecule has 5 rings (SSSR count). The largest absolute Gasteiger partial charge is 0.416 e. The van der Waals surface area contributed by atoms with Crippen LogP contribution in [0.25, 0.3) is 22.2 Å². The van der Waals surface area contributed by atoms with Gasteiger partial charge in [0.2, 0.25) is 11.7 Å². The molecule has 8 heteroatoms. The first-order valence-electron chi connectivity index (χ1n) is 11.1. The van der Waals surface area contributed by atoms with Crippen molar-refractivity contribution in [2.45, 2.75) is 50.4 Å². The van der Waals surface area contributed by atoms with Gasteiger partial charge in [-0.1, -0.05) is 59.8 Å². The Kier molecular flexibility index (Phi) is 6.96. The number of fused-ring (bicyclic) bond motifs is 1. The normalized spacial score (nSPS) is 19.2. The molecule has 4 aromatic rings. The average Bonchev–Trinajstić information content (AvgIpc) is 3.48. The Balaban J connectivity index is 0.00000274. The summed E-state index contributed by atoms with van der Waals surface area (Å²) in [6.45, 7) is 2.19. The van der Waals surface area contributed by atoms with Crippen molar-refractivity contribution in [1.82, 2.24) is 15.5 Å². The molecule has 1 fully saturated rings. The molecule has 1 N–H and O–H groups in total. The van der Waals surface area contributed by atoms with E-state index in [0.29, 0.717) is 23.3 Å². The standard InChI is InChI=1S/C26H24F3N3O.ClH/c1-16(22-8-4-6-17-5-2-3-7-23(17)22)30-21-14-11-19(15-21)25-31-24(32-33-25)18-9-12-20(13-10-18)26(27,28)29;/h2-10,12-13,16,19,21,30H,11,14-15H2,1H3;1H/t16-,19?,21?;/m1./s1. The monoisotopic (exact) mass is 487 g/mol. The van der Waals surface area contributed by atoms with Crippen molar-refractivity contribution >= 4 is 23.2 Å². The lowest BCUT2D eigenvalue weighted by atomic mass is 9.99. The first kappa shape index (κ1) is 24.2. The third-order valence-electron chi connectivity index (χ3n) is 6.47. The fourth-order valence-electron chi connectivity index (χ4n) is 4.76. The molecule has 178 valence electrons. The molecule has 0 radical (unpaired) electrons. The summed E-state index contributed by atoms with van der Waals surface area (Å²) in [4.78, 5) is 4.48. The fourth-order valence-corrected chi connectivity index (χ4v) is 4.76. The van der Waals surface area contributed by atoms with Gasteiger partial charge in [-0.05, 0) is 54.7 Å². The highest BCUT2D eigenvalue weighted by atomic mass is 35.5. The molecule has 3 aromatic carbocycles. The lowest BCUT2D eigenvalue weighted by Gasteiger charge is -2.21. The molecular formula is C26H25ClF3N3O. The van der Waals surface area contributed by atoms with Gasteiger partial charge in [-0.2, -0.15) is 18.2 Å². The summed E-state index contributed by atoms with van der Waals surface area (Å²) in [6.07, 6.45) is -1.56. The van der Waals surface area contributed by atoms with Crippen LogP contribution in [0.3, 0.4) is 0 Å². The summed E-state index contributed by atoms with van der Waals surface area (Å²) >= 11 is 0. The second-order valence-corrected chi connectivity index (χ2v) is 8.69. The van der Waals surface area contributed by atoms with Gasteiger partial charge in [-0.15, -0.1) is 12.4 Å². The Morgan fingerprint density at radius 2 is 1.71 bits per heavy atom. The van der Waals surface area contributed by atoms with E-state index in [9.17, 15) is 13.2 Å². The third kappa shape index (κ3) is 4.95. The first-order valence-corrected chi connectivity index (χ1v) is 11.1. The molecule has 1 aliphatic rings. The van der Waals surface area contributed by atoms with Crippen LogP contribution < -0.4 is 5.32 Å². The smallest absolute Gasteiger partial charge is 0.339 e. The third-order valence-corrected chi connectivity index (χ3v) is 6.47. The molecule has 2 unspecified atom stereocenters. The van der Waals surface area contributed by atoms with Crippen LogP contribution in [0, 0.1) is 0 Å². The maximum absolute atomic E-state index is 12.8. The van der Waals surface area contributed by atoms with E-state index in [0.717, 1.165) is 31.4 Å². The maximum atomic E-state index is 12.8. The van der Waals surface area contributed by atoms with E-state index < -0.39 is 11.7 Å². The number of halogens is 4. The van der Waals surface area contributed by atoms with Gasteiger partial charge < -0.3 is 9.84 Å². The summed E-state index contributed by atoms with van der Waals surface area (Å²) in [5.74, 6) is 1.00. The van der Waals surface area contributed by atoms with Gasteiger partial charge in [0.05, 0.1) is 5.56 Å². The zero-order valence-corrected chi connectivity index (χ0v) is 19.4. The van der Waals surface area contributed by atoms with Crippen molar-refractivity contribution < 1.29 is 17.7 Å². The van der Waals surface area contributed by atoms with E-state index in [1.807, 2.05) is 0 Å². The zero-order chi connectivity index (χ0) is 23.0. The predicted molar refractivity (Wildman–Crippen MR) is 128 cm³/mol. The van der Waals surface area contributed by atoms with Crippen LogP contribution in [0.5, 0.6) is 0 Å². The number of hydrogen-bond donors (Lipinski definition) is 1. The van der Waals surface area contributed by atoms with Crippen LogP contribution in [-0.2, 0) is 6.18 Å². The highest BCUT2D eigenvalue weighted by Gasteiger charge is 2.32. The molecule has 0 spiro atoms. The van der Waals surface area contributed by atoms with Gasteiger partial charge in [0, 0.05) is 23.6 Å². The van der Waals surface area contributed by atoms with Crippen LogP contribution in [0.4, 0.5) is 13.2 Å². The van der Waals surface area contributed by atoms with E-state index >= 15 is 0 Å². The van der Waals surface area contributed by atoms with E-state index in [2.05, 4.69) is 64.8 Å². The number of hydrogen-bond acceptors (Lipinski definition) is 4. The van der Waals surface area contributed by atoms with Gasteiger partial charge in [-0.3, -0.25) is 0 Å². The van der Waals surface area contributed by atoms with Crippen LogP contribution in [-0.4, -0.2) is 16.2 Å². The van der Waals surface area contributed by atoms with Gasteiger partial charge in [0.15, 0.2) is 0 Å². The van der Waals surface area contributed by atoms with E-state index in [1.54, 1.807) is 0 Å². The molecule has 4 nitrogen and oxygen atoms in total. The molecule has 0 saturated heterocycles. The Morgan fingerprint density at radius 3 is 2.47 bits per heavy atom. The minimum Gasteiger partial charge on any atom is -0.339 e. The molecule has 34 heavy (non-hydrogen) atoms. The van der Waals surface area contributed by atoms with Gasteiger partial charge in [-0.25, -0.2) is 0 Å². The number of rotatable bonds is 5. The second-order valence-electron chi connectivity index (χ2n) is 8.69. The quantitative estimate of drug-likeness (QED) is 0.320.